The maximum absolute atomic E-state index is 12.6. The van der Waals surface area contributed by atoms with Gasteiger partial charge < -0.3 is 20.7 Å². The monoisotopic (exact) mass is 433 g/mol. The molecule has 0 bridgehead atoms. The number of halogens is 2. The Kier molecular flexibility index (Phi) is 13.5. The van der Waals surface area contributed by atoms with E-state index in [0.717, 1.165) is 38.8 Å². The van der Waals surface area contributed by atoms with Crippen molar-refractivity contribution in [3.8, 4) is 0 Å². The van der Waals surface area contributed by atoms with E-state index in [1.807, 2.05) is 0 Å². The van der Waals surface area contributed by atoms with Crippen molar-refractivity contribution >= 4 is 36.4 Å². The normalized spacial score (nSPS) is 21.2. The molecule has 0 aliphatic heterocycles. The Bertz CT molecular complexity index is 574. The Balaban J connectivity index is 0.00000364. The Labute approximate surface area is 182 Å². The molecule has 28 heavy (non-hydrogen) atoms. The van der Waals surface area contributed by atoms with Gasteiger partial charge in [-0.05, 0) is 57.2 Å². The third-order valence-electron chi connectivity index (χ3n) is 5.18. The van der Waals surface area contributed by atoms with Gasteiger partial charge in [-0.3, -0.25) is 4.79 Å². The summed E-state index contributed by atoms with van der Waals surface area (Å²) in [6.07, 6.45) is 3.44. The molecule has 1 aliphatic rings. The number of nitrogens with zero attached hydrogens (tertiary/aromatic N) is 1. The lowest BCUT2D eigenvalue weighted by Crippen LogP contribution is -2.46. The van der Waals surface area contributed by atoms with Gasteiger partial charge in [-0.15, -0.1) is 24.8 Å². The maximum Gasteiger partial charge on any atom is 0.223 e. The second-order valence-corrected chi connectivity index (χ2v) is 7.29. The van der Waals surface area contributed by atoms with E-state index in [1.165, 1.54) is 11.3 Å². The Hall–Kier alpha value is -1.01. The van der Waals surface area contributed by atoms with Gasteiger partial charge in [0.2, 0.25) is 5.91 Å². The molecular formula is C21H37Cl2N3O2. The fourth-order valence-electron chi connectivity index (χ4n) is 3.60. The first-order valence-electron chi connectivity index (χ1n) is 10.0. The molecule has 0 heterocycles. The van der Waals surface area contributed by atoms with Crippen molar-refractivity contribution in [2.45, 2.75) is 58.6 Å². The van der Waals surface area contributed by atoms with Crippen molar-refractivity contribution in [2.75, 3.05) is 31.1 Å². The van der Waals surface area contributed by atoms with Crippen LogP contribution in [0, 0.1) is 12.8 Å². The van der Waals surface area contributed by atoms with Crippen molar-refractivity contribution in [2.24, 2.45) is 11.7 Å². The van der Waals surface area contributed by atoms with Gasteiger partial charge in [0.05, 0.1) is 6.10 Å². The quantitative estimate of drug-likeness (QED) is 0.622. The Morgan fingerprint density at radius 3 is 2.68 bits per heavy atom. The van der Waals surface area contributed by atoms with E-state index < -0.39 is 0 Å². The number of nitrogens with two attached hydrogens (primary N) is 1. The molecular weight excluding hydrogens is 397 g/mol. The van der Waals surface area contributed by atoms with Gasteiger partial charge in [0.15, 0.2) is 0 Å². The van der Waals surface area contributed by atoms with E-state index in [0.29, 0.717) is 13.2 Å². The van der Waals surface area contributed by atoms with E-state index in [4.69, 9.17) is 10.5 Å². The van der Waals surface area contributed by atoms with Crippen molar-refractivity contribution in [3.05, 3.63) is 29.8 Å². The zero-order chi connectivity index (χ0) is 18.9. The van der Waals surface area contributed by atoms with Crippen LogP contribution in [0.2, 0.25) is 0 Å². The molecule has 1 saturated carbocycles. The topological polar surface area (TPSA) is 67.6 Å². The van der Waals surface area contributed by atoms with Crippen molar-refractivity contribution in [1.82, 2.24) is 5.32 Å². The van der Waals surface area contributed by atoms with Gasteiger partial charge in [-0.1, -0.05) is 19.1 Å². The number of aryl methyl sites for hydroxylation is 1. The molecule has 0 saturated heterocycles. The second-order valence-electron chi connectivity index (χ2n) is 7.29. The van der Waals surface area contributed by atoms with Gasteiger partial charge in [-0.2, -0.15) is 0 Å². The number of hydrogen-bond acceptors (Lipinski definition) is 4. The summed E-state index contributed by atoms with van der Waals surface area (Å²) in [6, 6.07) is 8.54. The summed E-state index contributed by atoms with van der Waals surface area (Å²) in [4.78, 5) is 14.8. The fourth-order valence-corrected chi connectivity index (χ4v) is 3.60. The minimum absolute atomic E-state index is 0. The number of ether oxygens (including phenoxy) is 1. The lowest BCUT2D eigenvalue weighted by molar-refractivity contribution is -0.128. The molecule has 3 atom stereocenters. The zero-order valence-electron chi connectivity index (χ0n) is 17.4. The number of rotatable bonds is 9. The molecule has 0 unspecified atom stereocenters. The summed E-state index contributed by atoms with van der Waals surface area (Å²) in [5.74, 6) is 0.160. The van der Waals surface area contributed by atoms with E-state index >= 15 is 0 Å². The molecule has 0 aromatic heterocycles. The van der Waals surface area contributed by atoms with Crippen LogP contribution in [0.1, 0.15) is 45.1 Å². The van der Waals surface area contributed by atoms with Crippen LogP contribution < -0.4 is 16.0 Å². The van der Waals surface area contributed by atoms with Crippen LogP contribution in [-0.2, 0) is 9.53 Å². The summed E-state index contributed by atoms with van der Waals surface area (Å²) >= 11 is 0. The zero-order valence-corrected chi connectivity index (χ0v) is 19.0. The van der Waals surface area contributed by atoms with Crippen molar-refractivity contribution in [3.63, 3.8) is 0 Å². The smallest absolute Gasteiger partial charge is 0.223 e. The number of nitrogens with one attached hydrogen (secondary N) is 1. The summed E-state index contributed by atoms with van der Waals surface area (Å²) < 4.78 is 5.84. The number of carbonyl (C=O) groups excluding carboxylic acids is 1. The maximum atomic E-state index is 12.6. The molecule has 1 aliphatic carbocycles. The number of hydrogen-bond donors (Lipinski definition) is 2. The highest BCUT2D eigenvalue weighted by atomic mass is 35.5. The highest BCUT2D eigenvalue weighted by Gasteiger charge is 2.32. The third kappa shape index (κ3) is 8.16. The molecule has 1 aromatic carbocycles. The van der Waals surface area contributed by atoms with Gasteiger partial charge in [0, 0.05) is 43.9 Å². The molecule has 2 rings (SSSR count). The summed E-state index contributed by atoms with van der Waals surface area (Å²) in [5.41, 5.74) is 8.61. The highest BCUT2D eigenvalue weighted by molar-refractivity contribution is 5.85. The standard InChI is InChI=1S/C21H35N3O2.2ClH/c1-4-13-26-20-15-17(9-10-19(20)22)21(25)23-11-12-24(5-2)18-8-6-7-16(3)14-18;;/h6-8,14,17,19-20H,4-5,9-13,15,22H2,1-3H3,(H,23,25);2*1H/t17-,19+,20+;;/m0../s1. The number of likely N-dealkylation sites (N-methyl/N-ethyl adjacent to an activating group) is 1. The molecule has 1 aromatic rings. The molecule has 162 valence electrons. The van der Waals surface area contributed by atoms with Gasteiger partial charge in [-0.25, -0.2) is 0 Å². The summed E-state index contributed by atoms with van der Waals surface area (Å²) in [6.45, 7) is 9.44. The molecule has 3 N–H and O–H groups in total. The molecule has 5 nitrogen and oxygen atoms in total. The van der Waals surface area contributed by atoms with E-state index in [2.05, 4.69) is 55.3 Å². The van der Waals surface area contributed by atoms with E-state index in [9.17, 15) is 4.79 Å². The Morgan fingerprint density at radius 2 is 2.04 bits per heavy atom. The third-order valence-corrected chi connectivity index (χ3v) is 5.18. The molecule has 0 radical (unpaired) electrons. The highest BCUT2D eigenvalue weighted by Crippen LogP contribution is 2.26. The summed E-state index contributed by atoms with van der Waals surface area (Å²) in [5, 5.41) is 3.12. The average molecular weight is 434 g/mol. The average Bonchev–Trinajstić information content (AvgIpc) is 2.64. The molecule has 0 spiro atoms. The molecule has 7 heteroatoms. The van der Waals surface area contributed by atoms with E-state index in [-0.39, 0.29) is 48.8 Å². The molecule has 1 amide bonds. The summed E-state index contributed by atoms with van der Waals surface area (Å²) in [7, 11) is 0. The lowest BCUT2D eigenvalue weighted by Gasteiger charge is -2.33. The van der Waals surface area contributed by atoms with Gasteiger partial charge in [0.1, 0.15) is 0 Å². The van der Waals surface area contributed by atoms with Crippen LogP contribution in [0.25, 0.3) is 0 Å². The van der Waals surface area contributed by atoms with Gasteiger partial charge >= 0.3 is 0 Å². The number of amides is 1. The first-order valence-corrected chi connectivity index (χ1v) is 10.0. The van der Waals surface area contributed by atoms with Crippen LogP contribution in [0.5, 0.6) is 0 Å². The first-order chi connectivity index (χ1) is 12.5. The van der Waals surface area contributed by atoms with Crippen LogP contribution in [0.15, 0.2) is 24.3 Å². The number of carbonyl (C=O) groups is 1. The lowest BCUT2D eigenvalue weighted by atomic mass is 9.83. The van der Waals surface area contributed by atoms with Crippen molar-refractivity contribution in [1.29, 1.82) is 0 Å². The van der Waals surface area contributed by atoms with Crippen LogP contribution in [-0.4, -0.2) is 44.3 Å². The first kappa shape index (κ1) is 27.0. The predicted molar refractivity (Wildman–Crippen MR) is 122 cm³/mol. The number of anilines is 1. The van der Waals surface area contributed by atoms with Crippen LogP contribution >= 0.6 is 24.8 Å². The fraction of sp³-hybridized carbons (Fsp3) is 0.667. The predicted octanol–water partition coefficient (Wildman–Crippen LogP) is 3.70. The number of benzene rings is 1. The van der Waals surface area contributed by atoms with Crippen molar-refractivity contribution < 1.29 is 9.53 Å². The second kappa shape index (κ2) is 14.0. The van der Waals surface area contributed by atoms with Crippen LogP contribution in [0.3, 0.4) is 0 Å². The minimum atomic E-state index is 0. The van der Waals surface area contributed by atoms with Crippen LogP contribution in [0.4, 0.5) is 5.69 Å². The van der Waals surface area contributed by atoms with E-state index in [1.54, 1.807) is 0 Å². The van der Waals surface area contributed by atoms with Gasteiger partial charge in [0.25, 0.3) is 0 Å². The SMILES string of the molecule is CCCO[C@@H]1C[C@@H](C(=O)NCCN(CC)c2cccc(C)c2)CC[C@H]1N.Cl.Cl. The largest absolute Gasteiger partial charge is 0.377 e. The minimum Gasteiger partial charge on any atom is -0.377 e. The Morgan fingerprint density at radius 1 is 1.29 bits per heavy atom. The molecule has 1 fully saturated rings.